The smallest absolute Gasteiger partial charge is 0.234 e. The number of carbonyl (C=O) groups excluding carboxylic acids is 2. The van der Waals surface area contributed by atoms with Gasteiger partial charge in [-0.1, -0.05) is 30.3 Å². The maximum absolute atomic E-state index is 12.6. The second-order valence-electron chi connectivity index (χ2n) is 6.74. The van der Waals surface area contributed by atoms with Gasteiger partial charge in [-0.05, 0) is 54.3 Å². The van der Waals surface area contributed by atoms with Crippen molar-refractivity contribution in [1.29, 1.82) is 0 Å². The predicted octanol–water partition coefficient (Wildman–Crippen LogP) is 2.26. The minimum absolute atomic E-state index is 0.169. The molecule has 1 aromatic heterocycles. The van der Waals surface area contributed by atoms with Crippen LogP contribution >= 0.6 is 0 Å². The van der Waals surface area contributed by atoms with Gasteiger partial charge in [-0.2, -0.15) is 0 Å². The molecule has 2 aromatic carbocycles. The number of nitrogens with zero attached hydrogens (tertiary/aromatic N) is 2. The van der Waals surface area contributed by atoms with Crippen molar-refractivity contribution in [3.8, 4) is 11.1 Å². The van der Waals surface area contributed by atoms with E-state index in [2.05, 4.69) is 20.6 Å². The van der Waals surface area contributed by atoms with E-state index in [1.165, 1.54) is 0 Å². The third-order valence-corrected chi connectivity index (χ3v) is 5.10. The average Bonchev–Trinajstić information content (AvgIpc) is 3.22. The maximum Gasteiger partial charge on any atom is 0.234 e. The second kappa shape index (κ2) is 7.63. The lowest BCUT2D eigenvalue weighted by Gasteiger charge is -2.22. The van der Waals surface area contributed by atoms with Gasteiger partial charge in [-0.3, -0.25) is 24.9 Å². The first kappa shape index (κ1) is 17.3. The number of rotatable bonds is 5. The highest BCUT2D eigenvalue weighted by Crippen LogP contribution is 2.32. The predicted molar refractivity (Wildman–Crippen MR) is 103 cm³/mol. The molecule has 0 bridgehead atoms. The van der Waals surface area contributed by atoms with E-state index < -0.39 is 0 Å². The van der Waals surface area contributed by atoms with Crippen LogP contribution in [0.15, 0.2) is 54.9 Å². The van der Waals surface area contributed by atoms with Crippen LogP contribution in [0.1, 0.15) is 17.9 Å². The van der Waals surface area contributed by atoms with E-state index in [-0.39, 0.29) is 17.7 Å². The summed E-state index contributed by atoms with van der Waals surface area (Å²) in [6.07, 6.45) is 4.72. The van der Waals surface area contributed by atoms with Gasteiger partial charge in [0.25, 0.3) is 0 Å². The van der Waals surface area contributed by atoms with E-state index in [4.69, 9.17) is 0 Å². The van der Waals surface area contributed by atoms with Gasteiger partial charge in [0.2, 0.25) is 12.3 Å². The van der Waals surface area contributed by atoms with Crippen LogP contribution in [0, 0.1) is 5.92 Å². The Morgan fingerprint density at radius 2 is 1.93 bits per heavy atom. The summed E-state index contributed by atoms with van der Waals surface area (Å²) in [7, 11) is 0. The number of hydrogen-bond acceptors (Lipinski definition) is 5. The largest absolute Gasteiger partial charge is 0.316 e. The van der Waals surface area contributed by atoms with E-state index >= 15 is 0 Å². The molecule has 27 heavy (non-hydrogen) atoms. The first-order valence-corrected chi connectivity index (χ1v) is 9.02. The Bertz CT molecular complexity index is 983. The van der Waals surface area contributed by atoms with Gasteiger partial charge in [0.15, 0.2) is 0 Å². The van der Waals surface area contributed by atoms with Crippen LogP contribution in [0.25, 0.3) is 22.2 Å². The lowest BCUT2D eigenvalue weighted by atomic mass is 9.83. The molecule has 4 rings (SSSR count). The highest BCUT2D eigenvalue weighted by atomic mass is 16.2. The molecular weight excluding hydrogens is 340 g/mol. The van der Waals surface area contributed by atoms with Gasteiger partial charge in [0.05, 0.1) is 17.0 Å². The van der Waals surface area contributed by atoms with E-state index in [1.807, 2.05) is 42.5 Å². The van der Waals surface area contributed by atoms with Gasteiger partial charge in [0, 0.05) is 12.4 Å². The Hall–Kier alpha value is -3.12. The molecule has 2 unspecified atom stereocenters. The molecule has 0 saturated carbocycles. The van der Waals surface area contributed by atoms with Gasteiger partial charge in [0.1, 0.15) is 0 Å². The summed E-state index contributed by atoms with van der Waals surface area (Å²) in [4.78, 5) is 32.1. The van der Waals surface area contributed by atoms with Crippen LogP contribution in [-0.4, -0.2) is 35.4 Å². The van der Waals surface area contributed by atoms with Crippen LogP contribution in [0.5, 0.6) is 0 Å². The zero-order chi connectivity index (χ0) is 18.6. The Morgan fingerprint density at radius 3 is 2.70 bits per heavy atom. The fraction of sp³-hybridized carbons (Fsp3) is 0.238. The molecule has 1 saturated heterocycles. The summed E-state index contributed by atoms with van der Waals surface area (Å²) in [5, 5.41) is 5.64. The summed E-state index contributed by atoms with van der Waals surface area (Å²) >= 11 is 0. The van der Waals surface area contributed by atoms with Crippen LogP contribution < -0.4 is 10.6 Å². The zero-order valence-corrected chi connectivity index (χ0v) is 14.8. The van der Waals surface area contributed by atoms with Crippen molar-refractivity contribution in [2.45, 2.75) is 12.3 Å². The highest BCUT2D eigenvalue weighted by Gasteiger charge is 2.32. The first-order chi connectivity index (χ1) is 13.3. The molecule has 2 heterocycles. The second-order valence-corrected chi connectivity index (χ2v) is 6.74. The lowest BCUT2D eigenvalue weighted by Crippen LogP contribution is -2.33. The Kier molecular flexibility index (Phi) is 4.89. The summed E-state index contributed by atoms with van der Waals surface area (Å²) < 4.78 is 0. The van der Waals surface area contributed by atoms with Gasteiger partial charge >= 0.3 is 0 Å². The van der Waals surface area contributed by atoms with E-state index in [0.717, 1.165) is 47.2 Å². The Morgan fingerprint density at radius 1 is 1.11 bits per heavy atom. The fourth-order valence-corrected chi connectivity index (χ4v) is 3.80. The Labute approximate surface area is 157 Å². The quantitative estimate of drug-likeness (QED) is 0.682. The zero-order valence-electron chi connectivity index (χ0n) is 14.8. The molecular formula is C21H20N4O2. The number of carbonyl (C=O) groups is 2. The average molecular weight is 360 g/mol. The molecule has 3 aromatic rings. The fourth-order valence-electron chi connectivity index (χ4n) is 3.80. The van der Waals surface area contributed by atoms with Gasteiger partial charge in [-0.15, -0.1) is 0 Å². The standard InChI is InChI=1S/C21H20N4O2/c26-13-25-21(27)20(17-6-7-22-12-17)16-3-1-2-14(10-16)15-4-5-18-19(11-15)24-9-8-23-18/h1-5,8-11,13,17,20,22H,6-7,12H2,(H,25,26,27). The normalized spacial score (nSPS) is 17.6. The molecule has 1 aliphatic heterocycles. The molecule has 0 aliphatic carbocycles. The van der Waals surface area contributed by atoms with Crippen molar-refractivity contribution in [2.24, 2.45) is 5.92 Å². The molecule has 1 fully saturated rings. The molecule has 0 radical (unpaired) electrons. The van der Waals surface area contributed by atoms with Gasteiger partial charge < -0.3 is 5.32 Å². The summed E-state index contributed by atoms with van der Waals surface area (Å²) in [5.74, 6) is -0.437. The SMILES string of the molecule is O=CNC(=O)C(c1cccc(-c2ccc3nccnc3c2)c1)C1CCNC1. The molecule has 2 N–H and O–H groups in total. The number of aromatic nitrogens is 2. The van der Waals surface area contributed by atoms with Crippen LogP contribution in [-0.2, 0) is 9.59 Å². The van der Waals surface area contributed by atoms with E-state index in [1.54, 1.807) is 12.4 Å². The Balaban J connectivity index is 1.72. The molecule has 6 nitrogen and oxygen atoms in total. The van der Waals surface area contributed by atoms with Crippen molar-refractivity contribution in [3.63, 3.8) is 0 Å². The number of imide groups is 1. The monoisotopic (exact) mass is 360 g/mol. The number of nitrogens with one attached hydrogen (secondary N) is 2. The lowest BCUT2D eigenvalue weighted by molar-refractivity contribution is -0.127. The third-order valence-electron chi connectivity index (χ3n) is 5.10. The number of fused-ring (bicyclic) bond motifs is 1. The van der Waals surface area contributed by atoms with Crippen LogP contribution in [0.2, 0.25) is 0 Å². The molecule has 1 aliphatic rings. The topological polar surface area (TPSA) is 84.0 Å². The van der Waals surface area contributed by atoms with Crippen molar-refractivity contribution < 1.29 is 9.59 Å². The maximum atomic E-state index is 12.6. The molecule has 136 valence electrons. The summed E-state index contributed by atoms with van der Waals surface area (Å²) in [6, 6.07) is 13.9. The van der Waals surface area contributed by atoms with Gasteiger partial charge in [-0.25, -0.2) is 0 Å². The number of benzene rings is 2. The molecule has 0 spiro atoms. The van der Waals surface area contributed by atoms with E-state index in [9.17, 15) is 9.59 Å². The highest BCUT2D eigenvalue weighted by molar-refractivity contribution is 5.92. The third kappa shape index (κ3) is 3.57. The van der Waals surface area contributed by atoms with Crippen molar-refractivity contribution in [2.75, 3.05) is 13.1 Å². The van der Waals surface area contributed by atoms with Crippen molar-refractivity contribution in [1.82, 2.24) is 20.6 Å². The summed E-state index contributed by atoms with van der Waals surface area (Å²) in [5.41, 5.74) is 4.62. The minimum Gasteiger partial charge on any atom is -0.316 e. The van der Waals surface area contributed by atoms with Crippen LogP contribution in [0.3, 0.4) is 0 Å². The molecule has 2 atom stereocenters. The number of amides is 2. The van der Waals surface area contributed by atoms with Crippen molar-refractivity contribution >= 4 is 23.4 Å². The molecule has 2 amide bonds. The minimum atomic E-state index is -0.356. The van der Waals surface area contributed by atoms with E-state index in [0.29, 0.717) is 6.41 Å². The van der Waals surface area contributed by atoms with Crippen LogP contribution in [0.4, 0.5) is 0 Å². The molecule has 6 heteroatoms. The summed E-state index contributed by atoms with van der Waals surface area (Å²) in [6.45, 7) is 1.66. The number of hydrogen-bond donors (Lipinski definition) is 2. The first-order valence-electron chi connectivity index (χ1n) is 9.02. The van der Waals surface area contributed by atoms with Crippen molar-refractivity contribution in [3.05, 3.63) is 60.4 Å².